The van der Waals surface area contributed by atoms with Crippen molar-refractivity contribution in [2.75, 3.05) is 5.75 Å². The molecule has 0 bridgehead atoms. The number of hydrogen-bond acceptors (Lipinski definition) is 3. The van der Waals surface area contributed by atoms with E-state index in [0.29, 0.717) is 0 Å². The lowest BCUT2D eigenvalue weighted by molar-refractivity contribution is -0.137. The third kappa shape index (κ3) is 5.15. The molecule has 2 nitrogen and oxygen atoms in total. The van der Waals surface area contributed by atoms with Crippen molar-refractivity contribution in [3.8, 4) is 12.1 Å². The van der Waals surface area contributed by atoms with Crippen LogP contribution in [0.5, 0.6) is 0 Å². The van der Waals surface area contributed by atoms with Crippen LogP contribution in [0, 0.1) is 28.1 Å². The van der Waals surface area contributed by atoms with Crippen molar-refractivity contribution >= 4 is 11.8 Å². The standard InChI is InChI=1S/C13H8F6N2S/c14-12(15,16)10-3-1-9(2-4-10)5-11(6-20,7-21)8-22-13(17,18)19/h1-4H,5,8H2. The minimum absolute atomic E-state index is 0.180. The van der Waals surface area contributed by atoms with Crippen molar-refractivity contribution in [2.45, 2.75) is 18.1 Å². The molecule has 0 unspecified atom stereocenters. The lowest BCUT2D eigenvalue weighted by atomic mass is 9.86. The first-order valence-electron chi connectivity index (χ1n) is 5.71. The Bertz CT molecular complexity index is 577. The first-order valence-corrected chi connectivity index (χ1v) is 6.69. The fourth-order valence-corrected chi connectivity index (χ4v) is 2.23. The molecule has 0 fully saturated rings. The summed E-state index contributed by atoms with van der Waals surface area (Å²) in [5.41, 5.74) is -7.29. The molecule has 1 rings (SSSR count). The Morgan fingerprint density at radius 1 is 0.909 bits per heavy atom. The van der Waals surface area contributed by atoms with Crippen LogP contribution < -0.4 is 0 Å². The molecular weight excluding hydrogens is 330 g/mol. The third-order valence-electron chi connectivity index (χ3n) is 2.70. The number of nitriles is 2. The molecule has 0 heterocycles. The maximum Gasteiger partial charge on any atom is 0.441 e. The lowest BCUT2D eigenvalue weighted by Crippen LogP contribution is -2.25. The number of nitrogens with zero attached hydrogens (tertiary/aromatic N) is 2. The van der Waals surface area contributed by atoms with Crippen molar-refractivity contribution in [3.63, 3.8) is 0 Å². The van der Waals surface area contributed by atoms with E-state index in [1.54, 1.807) is 0 Å². The fraction of sp³-hybridized carbons (Fsp3) is 0.385. The summed E-state index contributed by atoms with van der Waals surface area (Å²) in [5.74, 6) is -0.815. The van der Waals surface area contributed by atoms with Crippen LogP contribution in [0.3, 0.4) is 0 Å². The Balaban J connectivity index is 2.93. The molecule has 1 aromatic carbocycles. The molecule has 1 aromatic rings. The lowest BCUT2D eigenvalue weighted by Gasteiger charge is -2.19. The highest BCUT2D eigenvalue weighted by atomic mass is 32.2. The number of benzene rings is 1. The SMILES string of the molecule is N#CC(C#N)(CSC(F)(F)F)Cc1ccc(C(F)(F)F)cc1. The van der Waals surface area contributed by atoms with Crippen LogP contribution in [-0.4, -0.2) is 11.3 Å². The van der Waals surface area contributed by atoms with Gasteiger partial charge in [-0.3, -0.25) is 0 Å². The zero-order valence-corrected chi connectivity index (χ0v) is 11.6. The Hall–Kier alpha value is -1.87. The summed E-state index contributed by atoms with van der Waals surface area (Å²) >= 11 is -0.509. The molecule has 0 aliphatic rings. The Labute approximate surface area is 126 Å². The van der Waals surface area contributed by atoms with Gasteiger partial charge in [0.05, 0.1) is 17.7 Å². The quantitative estimate of drug-likeness (QED) is 0.758. The van der Waals surface area contributed by atoms with Gasteiger partial charge in [0.25, 0.3) is 0 Å². The van der Waals surface area contributed by atoms with Gasteiger partial charge >= 0.3 is 11.7 Å². The Morgan fingerprint density at radius 3 is 1.77 bits per heavy atom. The minimum Gasteiger partial charge on any atom is -0.197 e. The van der Waals surface area contributed by atoms with Crippen LogP contribution in [-0.2, 0) is 12.6 Å². The number of thioether (sulfide) groups is 1. The van der Waals surface area contributed by atoms with E-state index in [1.807, 2.05) is 0 Å². The highest BCUT2D eigenvalue weighted by molar-refractivity contribution is 8.00. The monoisotopic (exact) mass is 338 g/mol. The van der Waals surface area contributed by atoms with E-state index < -0.39 is 40.2 Å². The van der Waals surface area contributed by atoms with Crippen LogP contribution in [0.15, 0.2) is 24.3 Å². The zero-order valence-electron chi connectivity index (χ0n) is 10.8. The van der Waals surface area contributed by atoms with Gasteiger partial charge in [0, 0.05) is 12.2 Å². The summed E-state index contributed by atoms with van der Waals surface area (Å²) in [6, 6.07) is 6.66. The van der Waals surface area contributed by atoms with Crippen LogP contribution in [0.25, 0.3) is 0 Å². The van der Waals surface area contributed by atoms with Gasteiger partial charge in [-0.2, -0.15) is 36.9 Å². The smallest absolute Gasteiger partial charge is 0.197 e. The second kappa shape index (κ2) is 6.49. The third-order valence-corrected chi connectivity index (χ3v) is 3.66. The van der Waals surface area contributed by atoms with Gasteiger partial charge in [0.1, 0.15) is 0 Å². The molecule has 0 aliphatic carbocycles. The van der Waals surface area contributed by atoms with E-state index >= 15 is 0 Å². The van der Waals surface area contributed by atoms with Crippen LogP contribution in [0.4, 0.5) is 26.3 Å². The van der Waals surface area contributed by atoms with Crippen molar-refractivity contribution in [1.82, 2.24) is 0 Å². The molecule has 22 heavy (non-hydrogen) atoms. The second-order valence-corrected chi connectivity index (χ2v) is 5.45. The van der Waals surface area contributed by atoms with Gasteiger partial charge in [-0.25, -0.2) is 0 Å². The molecule has 0 amide bonds. The normalized spacial score (nSPS) is 12.5. The molecule has 118 valence electrons. The average Bonchev–Trinajstić information content (AvgIpc) is 2.42. The summed E-state index contributed by atoms with van der Waals surface area (Å²) < 4.78 is 73.8. The highest BCUT2D eigenvalue weighted by Crippen LogP contribution is 2.37. The largest absolute Gasteiger partial charge is 0.441 e. The van der Waals surface area contributed by atoms with Crippen molar-refractivity contribution in [3.05, 3.63) is 35.4 Å². The number of halogens is 6. The molecular formula is C13H8F6N2S. The van der Waals surface area contributed by atoms with E-state index in [2.05, 4.69) is 0 Å². The van der Waals surface area contributed by atoms with Crippen molar-refractivity contribution in [1.29, 1.82) is 10.5 Å². The molecule has 9 heteroatoms. The van der Waals surface area contributed by atoms with Gasteiger partial charge < -0.3 is 0 Å². The van der Waals surface area contributed by atoms with E-state index in [0.717, 1.165) is 24.3 Å². The molecule has 0 spiro atoms. The van der Waals surface area contributed by atoms with Gasteiger partial charge in [0.2, 0.25) is 0 Å². The van der Waals surface area contributed by atoms with Gasteiger partial charge in [0.15, 0.2) is 5.41 Å². The fourth-order valence-electron chi connectivity index (χ4n) is 1.58. The minimum atomic E-state index is -4.60. The predicted molar refractivity (Wildman–Crippen MR) is 67.3 cm³/mol. The summed E-state index contributed by atoms with van der Waals surface area (Å²) in [5, 5.41) is 18.0. The summed E-state index contributed by atoms with van der Waals surface area (Å²) in [7, 11) is 0. The second-order valence-electron chi connectivity index (χ2n) is 4.41. The van der Waals surface area contributed by atoms with Gasteiger partial charge in [-0.1, -0.05) is 12.1 Å². The number of alkyl halides is 6. The maximum absolute atomic E-state index is 12.4. The Kier molecular flexibility index (Phi) is 5.36. The first-order chi connectivity index (χ1) is 10.0. The molecule has 0 aromatic heterocycles. The molecule has 0 aliphatic heterocycles. The molecule has 0 atom stereocenters. The van der Waals surface area contributed by atoms with Gasteiger partial charge in [-0.15, -0.1) is 0 Å². The van der Waals surface area contributed by atoms with E-state index in [4.69, 9.17) is 10.5 Å². The first kappa shape index (κ1) is 18.2. The maximum atomic E-state index is 12.4. The molecule has 0 radical (unpaired) electrons. The summed E-state index contributed by atoms with van der Waals surface area (Å²) in [6.07, 6.45) is -4.92. The molecule has 0 saturated heterocycles. The zero-order chi connectivity index (χ0) is 17.0. The number of rotatable bonds is 4. The molecule has 0 saturated carbocycles. The van der Waals surface area contributed by atoms with E-state index in [-0.39, 0.29) is 12.0 Å². The van der Waals surface area contributed by atoms with Crippen LogP contribution in [0.2, 0.25) is 0 Å². The molecule has 0 N–H and O–H groups in total. The van der Waals surface area contributed by atoms with Crippen LogP contribution in [0.1, 0.15) is 11.1 Å². The predicted octanol–water partition coefficient (Wildman–Crippen LogP) is 4.53. The summed E-state index contributed by atoms with van der Waals surface area (Å²) in [6.45, 7) is 0. The topological polar surface area (TPSA) is 47.6 Å². The highest BCUT2D eigenvalue weighted by Gasteiger charge is 2.38. The van der Waals surface area contributed by atoms with E-state index in [9.17, 15) is 26.3 Å². The van der Waals surface area contributed by atoms with Crippen LogP contribution >= 0.6 is 11.8 Å². The van der Waals surface area contributed by atoms with Gasteiger partial charge in [-0.05, 0) is 29.5 Å². The van der Waals surface area contributed by atoms with Crippen molar-refractivity contribution in [2.24, 2.45) is 5.41 Å². The van der Waals surface area contributed by atoms with E-state index in [1.165, 1.54) is 12.1 Å². The summed E-state index contributed by atoms with van der Waals surface area (Å²) in [4.78, 5) is 0. The van der Waals surface area contributed by atoms with Crippen molar-refractivity contribution < 1.29 is 26.3 Å². The average molecular weight is 338 g/mol. The number of hydrogen-bond donors (Lipinski definition) is 0. The Morgan fingerprint density at radius 2 is 1.41 bits per heavy atom.